The van der Waals surface area contributed by atoms with Crippen molar-refractivity contribution in [1.82, 2.24) is 14.4 Å². The zero-order valence-electron chi connectivity index (χ0n) is 15.3. The molecule has 5 heteroatoms. The second kappa shape index (κ2) is 5.72. The van der Waals surface area contributed by atoms with Crippen LogP contribution in [0, 0.1) is 20.8 Å². The predicted molar refractivity (Wildman–Crippen MR) is 112 cm³/mol. The fourth-order valence-corrected chi connectivity index (χ4v) is 4.54. The van der Waals surface area contributed by atoms with Gasteiger partial charge in [0.05, 0.1) is 22.1 Å². The van der Waals surface area contributed by atoms with Gasteiger partial charge in [0.15, 0.2) is 4.96 Å². The lowest BCUT2D eigenvalue weighted by Gasteiger charge is -2.08. The van der Waals surface area contributed by atoms with E-state index >= 15 is 0 Å². The number of benzene rings is 2. The van der Waals surface area contributed by atoms with E-state index in [1.165, 1.54) is 16.9 Å². The van der Waals surface area contributed by atoms with Crippen LogP contribution in [0.4, 0.5) is 0 Å². The Morgan fingerprint density at radius 3 is 2.48 bits per heavy atom. The van der Waals surface area contributed by atoms with Crippen molar-refractivity contribution in [3.63, 3.8) is 0 Å². The van der Waals surface area contributed by atoms with Gasteiger partial charge < -0.3 is 0 Å². The van der Waals surface area contributed by atoms with Crippen LogP contribution < -0.4 is 5.56 Å². The molecule has 0 amide bonds. The van der Waals surface area contributed by atoms with E-state index in [1.807, 2.05) is 24.4 Å². The Kier molecular flexibility index (Phi) is 3.42. The Hall–Kier alpha value is -3.05. The molecule has 0 spiro atoms. The largest absolute Gasteiger partial charge is 0.268 e. The Balaban J connectivity index is 1.90. The Bertz CT molecular complexity index is 1410. The Morgan fingerprint density at radius 1 is 0.926 bits per heavy atom. The number of hydrogen-bond acceptors (Lipinski definition) is 4. The molecule has 0 unspecified atom stereocenters. The molecule has 0 fully saturated rings. The minimum Gasteiger partial charge on any atom is -0.268 e. The van der Waals surface area contributed by atoms with Crippen molar-refractivity contribution in [3.8, 4) is 11.3 Å². The van der Waals surface area contributed by atoms with Gasteiger partial charge >= 0.3 is 0 Å². The molecule has 2 aromatic carbocycles. The molecule has 5 aromatic rings. The molecule has 0 N–H and O–H groups in total. The van der Waals surface area contributed by atoms with E-state index in [4.69, 9.17) is 4.98 Å². The van der Waals surface area contributed by atoms with Gasteiger partial charge in [-0.3, -0.25) is 14.2 Å². The quantitative estimate of drug-likeness (QED) is 0.387. The molecule has 5 rings (SSSR count). The molecule has 0 aliphatic carbocycles. The summed E-state index contributed by atoms with van der Waals surface area (Å²) in [7, 11) is 0. The van der Waals surface area contributed by atoms with Crippen LogP contribution in [-0.4, -0.2) is 14.4 Å². The third-order valence-electron chi connectivity index (χ3n) is 4.97. The molecule has 0 atom stereocenters. The molecule has 3 heterocycles. The van der Waals surface area contributed by atoms with Gasteiger partial charge in [-0.05, 0) is 38.0 Å². The zero-order valence-corrected chi connectivity index (χ0v) is 16.1. The highest BCUT2D eigenvalue weighted by atomic mass is 32.1. The number of aryl methyl sites for hydroxylation is 3. The van der Waals surface area contributed by atoms with E-state index < -0.39 is 0 Å². The highest BCUT2D eigenvalue weighted by molar-refractivity contribution is 7.15. The smallest absolute Gasteiger partial charge is 0.268 e. The summed E-state index contributed by atoms with van der Waals surface area (Å²) in [6.07, 6.45) is 1.67. The van der Waals surface area contributed by atoms with Gasteiger partial charge in [-0.25, -0.2) is 4.98 Å². The summed E-state index contributed by atoms with van der Waals surface area (Å²) in [5, 5.41) is 3.49. The normalized spacial score (nSPS) is 11.7. The van der Waals surface area contributed by atoms with Gasteiger partial charge in [0.25, 0.3) is 5.56 Å². The van der Waals surface area contributed by atoms with Crippen LogP contribution in [0.2, 0.25) is 0 Å². The number of pyridine rings is 1. The first kappa shape index (κ1) is 16.1. The summed E-state index contributed by atoms with van der Waals surface area (Å²) in [6.45, 7) is 6.15. The van der Waals surface area contributed by atoms with Crippen LogP contribution in [0.25, 0.3) is 38.0 Å². The lowest BCUT2D eigenvalue weighted by atomic mass is 10.1. The van der Waals surface area contributed by atoms with Gasteiger partial charge in [0.2, 0.25) is 0 Å². The van der Waals surface area contributed by atoms with Crippen LogP contribution in [0.3, 0.4) is 0 Å². The number of rotatable bonds is 1. The van der Waals surface area contributed by atoms with Crippen molar-refractivity contribution in [2.24, 2.45) is 0 Å². The topological polar surface area (TPSA) is 47.3 Å². The maximum atomic E-state index is 13.3. The summed E-state index contributed by atoms with van der Waals surface area (Å²) >= 11 is 1.49. The van der Waals surface area contributed by atoms with Crippen molar-refractivity contribution in [3.05, 3.63) is 75.0 Å². The summed E-state index contributed by atoms with van der Waals surface area (Å²) in [4.78, 5) is 23.4. The fraction of sp³-hybridized carbons (Fsp3) is 0.136. The van der Waals surface area contributed by atoms with E-state index in [9.17, 15) is 4.79 Å². The molecular weight excluding hydrogens is 354 g/mol. The van der Waals surface area contributed by atoms with Crippen molar-refractivity contribution >= 4 is 38.1 Å². The van der Waals surface area contributed by atoms with Gasteiger partial charge in [-0.1, -0.05) is 41.5 Å². The molecular formula is C22H17N3OS. The molecule has 0 aliphatic rings. The first-order valence-electron chi connectivity index (χ1n) is 8.80. The van der Waals surface area contributed by atoms with Crippen LogP contribution in [0.15, 0.2) is 52.8 Å². The van der Waals surface area contributed by atoms with E-state index in [0.717, 1.165) is 38.8 Å². The molecule has 0 radical (unpaired) electrons. The Morgan fingerprint density at radius 2 is 1.70 bits per heavy atom. The molecule has 3 aromatic heterocycles. The molecule has 27 heavy (non-hydrogen) atoms. The minimum absolute atomic E-state index is 0.0691. The van der Waals surface area contributed by atoms with Crippen LogP contribution >= 0.6 is 11.3 Å². The Labute approximate surface area is 159 Å². The standard InChI is InChI=1S/C22H17N3OS/c1-12-4-6-15(7-5-12)18-11-27-22-24-20-16-9-13(2)8-14(3)19(16)23-10-17(20)21(26)25(18)22/h4-11H,1-3H3. The number of nitrogens with zero attached hydrogens (tertiary/aromatic N) is 3. The first-order valence-corrected chi connectivity index (χ1v) is 9.68. The van der Waals surface area contributed by atoms with Crippen LogP contribution in [-0.2, 0) is 0 Å². The summed E-state index contributed by atoms with van der Waals surface area (Å²) in [5.74, 6) is 0. The molecule has 0 aliphatic heterocycles. The number of thiazole rings is 1. The molecule has 0 saturated heterocycles. The van der Waals surface area contributed by atoms with Gasteiger partial charge in [-0.15, -0.1) is 11.3 Å². The molecule has 4 nitrogen and oxygen atoms in total. The van der Waals surface area contributed by atoms with Gasteiger partial charge in [0, 0.05) is 17.0 Å². The maximum Gasteiger partial charge on any atom is 0.268 e. The molecule has 0 saturated carbocycles. The fourth-order valence-electron chi connectivity index (χ4n) is 3.65. The van der Waals surface area contributed by atoms with E-state index in [-0.39, 0.29) is 5.56 Å². The van der Waals surface area contributed by atoms with Crippen molar-refractivity contribution < 1.29 is 0 Å². The maximum absolute atomic E-state index is 13.3. The molecule has 132 valence electrons. The lowest BCUT2D eigenvalue weighted by Crippen LogP contribution is -2.15. The van der Waals surface area contributed by atoms with E-state index in [2.05, 4.69) is 43.1 Å². The predicted octanol–water partition coefficient (Wildman–Crippen LogP) is 5.05. The average Bonchev–Trinajstić information content (AvgIpc) is 3.07. The minimum atomic E-state index is -0.0691. The van der Waals surface area contributed by atoms with E-state index in [0.29, 0.717) is 10.3 Å². The van der Waals surface area contributed by atoms with Crippen LogP contribution in [0.5, 0.6) is 0 Å². The van der Waals surface area contributed by atoms with Crippen molar-refractivity contribution in [2.75, 3.05) is 0 Å². The lowest BCUT2D eigenvalue weighted by molar-refractivity contribution is 1.12. The molecule has 0 bridgehead atoms. The second-order valence-electron chi connectivity index (χ2n) is 7.02. The summed E-state index contributed by atoms with van der Waals surface area (Å²) in [5.41, 5.74) is 6.87. The van der Waals surface area contributed by atoms with Crippen molar-refractivity contribution in [2.45, 2.75) is 20.8 Å². The first-order chi connectivity index (χ1) is 13.0. The highest BCUT2D eigenvalue weighted by Crippen LogP contribution is 2.28. The summed E-state index contributed by atoms with van der Waals surface area (Å²) < 4.78 is 1.70. The summed E-state index contributed by atoms with van der Waals surface area (Å²) in [6, 6.07) is 12.4. The van der Waals surface area contributed by atoms with Gasteiger partial charge in [-0.2, -0.15) is 0 Å². The SMILES string of the molecule is Cc1ccc(-c2csc3nc4c(cnc5c(C)cc(C)cc54)c(=O)n23)cc1. The third kappa shape index (κ3) is 2.39. The zero-order chi connectivity index (χ0) is 18.7. The van der Waals surface area contributed by atoms with E-state index in [1.54, 1.807) is 10.6 Å². The monoisotopic (exact) mass is 371 g/mol. The van der Waals surface area contributed by atoms with Crippen molar-refractivity contribution in [1.29, 1.82) is 0 Å². The second-order valence-corrected chi connectivity index (χ2v) is 7.86. The average molecular weight is 371 g/mol. The third-order valence-corrected chi connectivity index (χ3v) is 5.80. The number of fused-ring (bicyclic) bond motifs is 4. The van der Waals surface area contributed by atoms with Crippen LogP contribution in [0.1, 0.15) is 16.7 Å². The highest BCUT2D eigenvalue weighted by Gasteiger charge is 2.15. The number of aromatic nitrogens is 3. The van der Waals surface area contributed by atoms with Gasteiger partial charge in [0.1, 0.15) is 0 Å². The number of hydrogen-bond donors (Lipinski definition) is 0.